The predicted octanol–water partition coefficient (Wildman–Crippen LogP) is 3.30. The number of hydrogen-bond acceptors (Lipinski definition) is 2. The van der Waals surface area contributed by atoms with E-state index in [1.165, 1.54) is 0 Å². The largest absolute Gasteiger partial charge is 0.292 e. The van der Waals surface area contributed by atoms with Gasteiger partial charge in [0.1, 0.15) is 5.69 Å². The third-order valence-corrected chi connectivity index (χ3v) is 3.04. The Morgan fingerprint density at radius 2 is 2.19 bits per heavy atom. The van der Waals surface area contributed by atoms with E-state index < -0.39 is 0 Å². The highest BCUT2D eigenvalue weighted by atomic mass is 16.1. The number of ketones is 1. The Morgan fingerprint density at radius 1 is 1.44 bits per heavy atom. The van der Waals surface area contributed by atoms with Crippen molar-refractivity contribution in [3.63, 3.8) is 0 Å². The van der Waals surface area contributed by atoms with Gasteiger partial charge >= 0.3 is 0 Å². The Kier molecular flexibility index (Phi) is 5.23. The molecule has 0 N–H and O–H groups in total. The highest BCUT2D eigenvalue weighted by molar-refractivity contribution is 5.96. The zero-order valence-corrected chi connectivity index (χ0v) is 10.6. The van der Waals surface area contributed by atoms with E-state index in [2.05, 4.69) is 18.9 Å². The van der Waals surface area contributed by atoms with Gasteiger partial charge in [-0.05, 0) is 25.8 Å². The zero-order chi connectivity index (χ0) is 12.0. The van der Waals surface area contributed by atoms with Gasteiger partial charge in [-0.15, -0.1) is 0 Å². The number of hydrogen-bond donors (Lipinski definition) is 0. The number of unbranched alkanes of at least 4 members (excludes halogenated alkanes) is 1. The maximum Gasteiger partial charge on any atom is 0.183 e. The molecule has 3 heteroatoms. The van der Waals surface area contributed by atoms with Crippen LogP contribution in [0.2, 0.25) is 0 Å². The van der Waals surface area contributed by atoms with Crippen molar-refractivity contribution in [1.82, 2.24) is 9.78 Å². The van der Waals surface area contributed by atoms with Crippen molar-refractivity contribution < 1.29 is 4.79 Å². The molecule has 0 aliphatic carbocycles. The van der Waals surface area contributed by atoms with Crippen LogP contribution < -0.4 is 0 Å². The second-order valence-electron chi connectivity index (χ2n) is 4.14. The molecule has 16 heavy (non-hydrogen) atoms. The minimum Gasteiger partial charge on any atom is -0.292 e. The smallest absolute Gasteiger partial charge is 0.183 e. The molecule has 0 radical (unpaired) electrons. The maximum absolute atomic E-state index is 12.3. The Hall–Kier alpha value is -1.12. The van der Waals surface area contributed by atoms with Crippen molar-refractivity contribution in [2.75, 3.05) is 0 Å². The van der Waals surface area contributed by atoms with Crippen molar-refractivity contribution in [1.29, 1.82) is 0 Å². The summed E-state index contributed by atoms with van der Waals surface area (Å²) in [5.74, 6) is 0.428. The first-order chi connectivity index (χ1) is 7.74. The number of rotatable bonds is 7. The van der Waals surface area contributed by atoms with Crippen molar-refractivity contribution in [2.45, 2.75) is 53.0 Å². The number of carbonyl (C=O) groups excluding carboxylic acids is 1. The molecular weight excluding hydrogens is 200 g/mol. The van der Waals surface area contributed by atoms with E-state index in [-0.39, 0.29) is 11.7 Å². The van der Waals surface area contributed by atoms with Gasteiger partial charge in [0.2, 0.25) is 0 Å². The molecule has 1 rings (SSSR count). The van der Waals surface area contributed by atoms with E-state index in [9.17, 15) is 4.79 Å². The fraction of sp³-hybridized carbons (Fsp3) is 0.692. The lowest BCUT2D eigenvalue weighted by atomic mass is 9.93. The minimum absolute atomic E-state index is 0.168. The van der Waals surface area contributed by atoms with E-state index in [4.69, 9.17) is 0 Å². The van der Waals surface area contributed by atoms with Crippen LogP contribution in [0.4, 0.5) is 0 Å². The second-order valence-corrected chi connectivity index (χ2v) is 4.14. The summed E-state index contributed by atoms with van der Waals surface area (Å²) in [6.45, 7) is 7.02. The fourth-order valence-corrected chi connectivity index (χ4v) is 1.97. The van der Waals surface area contributed by atoms with Crippen LogP contribution in [0.5, 0.6) is 0 Å². The summed E-state index contributed by atoms with van der Waals surface area (Å²) >= 11 is 0. The number of aromatic nitrogens is 2. The quantitative estimate of drug-likeness (QED) is 0.663. The van der Waals surface area contributed by atoms with Gasteiger partial charge in [0, 0.05) is 18.7 Å². The molecule has 0 aliphatic heterocycles. The molecule has 1 atom stereocenters. The van der Waals surface area contributed by atoms with Crippen LogP contribution in [0.3, 0.4) is 0 Å². The molecule has 0 aromatic carbocycles. The van der Waals surface area contributed by atoms with Crippen LogP contribution in [0, 0.1) is 5.92 Å². The van der Waals surface area contributed by atoms with Crippen LogP contribution in [-0.2, 0) is 6.54 Å². The van der Waals surface area contributed by atoms with Crippen molar-refractivity contribution in [3.8, 4) is 0 Å². The molecule has 1 unspecified atom stereocenters. The molecule has 90 valence electrons. The molecule has 0 fully saturated rings. The topological polar surface area (TPSA) is 34.9 Å². The van der Waals surface area contributed by atoms with E-state index in [0.717, 1.165) is 37.9 Å². The molecule has 1 heterocycles. The standard InChI is InChI=1S/C13H22N2O/c1-4-7-8-11(5-2)13(16)12-9-10-14-15(12)6-3/h9-11H,4-8H2,1-3H3. The molecule has 1 aromatic rings. The van der Waals surface area contributed by atoms with Crippen LogP contribution in [-0.4, -0.2) is 15.6 Å². The van der Waals surface area contributed by atoms with Gasteiger partial charge in [-0.3, -0.25) is 9.48 Å². The highest BCUT2D eigenvalue weighted by Crippen LogP contribution is 2.18. The summed E-state index contributed by atoms with van der Waals surface area (Å²) in [5.41, 5.74) is 0.769. The van der Waals surface area contributed by atoms with Gasteiger partial charge in [0.25, 0.3) is 0 Å². The average Bonchev–Trinajstić information content (AvgIpc) is 2.77. The molecule has 0 saturated carbocycles. The van der Waals surface area contributed by atoms with Gasteiger partial charge in [-0.25, -0.2) is 0 Å². The monoisotopic (exact) mass is 222 g/mol. The highest BCUT2D eigenvalue weighted by Gasteiger charge is 2.20. The van der Waals surface area contributed by atoms with Gasteiger partial charge in [0.05, 0.1) is 0 Å². The predicted molar refractivity (Wildman–Crippen MR) is 65.5 cm³/mol. The number of Topliss-reactive ketones (excluding diaryl/α,β-unsaturated/α-hetero) is 1. The Labute approximate surface area is 97.8 Å². The number of carbonyl (C=O) groups is 1. The SMILES string of the molecule is CCCCC(CC)C(=O)c1ccnn1CC. The molecule has 0 aliphatic rings. The first-order valence-electron chi connectivity index (χ1n) is 6.30. The van der Waals surface area contributed by atoms with E-state index in [1.807, 2.05) is 13.0 Å². The Morgan fingerprint density at radius 3 is 2.75 bits per heavy atom. The molecule has 1 aromatic heterocycles. The zero-order valence-electron chi connectivity index (χ0n) is 10.6. The van der Waals surface area contributed by atoms with Crippen molar-refractivity contribution >= 4 is 5.78 Å². The second kappa shape index (κ2) is 6.46. The summed E-state index contributed by atoms with van der Waals surface area (Å²) < 4.78 is 1.79. The third-order valence-electron chi connectivity index (χ3n) is 3.04. The molecular formula is C13H22N2O. The molecule has 0 saturated heterocycles. The Bertz CT molecular complexity index is 330. The number of nitrogens with zero attached hydrogens (tertiary/aromatic N) is 2. The van der Waals surface area contributed by atoms with E-state index in [1.54, 1.807) is 10.9 Å². The van der Waals surface area contributed by atoms with E-state index in [0.29, 0.717) is 0 Å². The third kappa shape index (κ3) is 2.94. The summed E-state index contributed by atoms with van der Waals surface area (Å²) in [4.78, 5) is 12.3. The first-order valence-corrected chi connectivity index (χ1v) is 6.30. The average molecular weight is 222 g/mol. The summed E-state index contributed by atoms with van der Waals surface area (Å²) in [6.07, 6.45) is 5.92. The van der Waals surface area contributed by atoms with Crippen LogP contribution in [0.15, 0.2) is 12.3 Å². The van der Waals surface area contributed by atoms with Crippen molar-refractivity contribution in [3.05, 3.63) is 18.0 Å². The lowest BCUT2D eigenvalue weighted by Gasteiger charge is -2.13. The maximum atomic E-state index is 12.3. The van der Waals surface area contributed by atoms with Gasteiger partial charge in [-0.2, -0.15) is 5.10 Å². The van der Waals surface area contributed by atoms with Gasteiger partial charge < -0.3 is 0 Å². The molecule has 3 nitrogen and oxygen atoms in total. The van der Waals surface area contributed by atoms with Crippen LogP contribution in [0.1, 0.15) is 56.9 Å². The van der Waals surface area contributed by atoms with Gasteiger partial charge in [-0.1, -0.05) is 26.7 Å². The molecule has 0 spiro atoms. The normalized spacial score (nSPS) is 12.7. The van der Waals surface area contributed by atoms with Crippen LogP contribution in [0.25, 0.3) is 0 Å². The summed E-state index contributed by atoms with van der Waals surface area (Å²) in [6, 6.07) is 1.83. The fourth-order valence-electron chi connectivity index (χ4n) is 1.97. The van der Waals surface area contributed by atoms with Gasteiger partial charge in [0.15, 0.2) is 5.78 Å². The minimum atomic E-state index is 0.168. The van der Waals surface area contributed by atoms with Crippen molar-refractivity contribution in [2.24, 2.45) is 5.92 Å². The summed E-state index contributed by atoms with van der Waals surface area (Å²) in [7, 11) is 0. The number of aryl methyl sites for hydroxylation is 1. The lowest BCUT2D eigenvalue weighted by molar-refractivity contribution is 0.0897. The van der Waals surface area contributed by atoms with Crippen LogP contribution >= 0.6 is 0 Å². The van der Waals surface area contributed by atoms with E-state index >= 15 is 0 Å². The molecule has 0 bridgehead atoms. The summed E-state index contributed by atoms with van der Waals surface area (Å²) in [5, 5.41) is 4.15. The first kappa shape index (κ1) is 12.9. The molecule has 0 amide bonds. The Balaban J connectivity index is 2.74. The lowest BCUT2D eigenvalue weighted by Crippen LogP contribution is -2.18.